The largest absolute Gasteiger partial charge is 0.103 e. The second-order valence-corrected chi connectivity index (χ2v) is 3.54. The highest BCUT2D eigenvalue weighted by atomic mass is 14.4. The lowest BCUT2D eigenvalue weighted by Gasteiger charge is -1.96. The van der Waals surface area contributed by atoms with Crippen LogP contribution >= 0.6 is 0 Å². The summed E-state index contributed by atoms with van der Waals surface area (Å²) < 4.78 is 0. The third-order valence-corrected chi connectivity index (χ3v) is 2.62. The van der Waals surface area contributed by atoms with Crippen LogP contribution in [0.15, 0.2) is 43.0 Å². The molecule has 0 unspecified atom stereocenters. The lowest BCUT2D eigenvalue weighted by molar-refractivity contribution is 0.821. The molecule has 0 aromatic heterocycles. The Morgan fingerprint density at radius 3 is 2.75 bits per heavy atom. The quantitative estimate of drug-likeness (QED) is 0.592. The van der Waals surface area contributed by atoms with Crippen LogP contribution in [0.25, 0.3) is 0 Å². The van der Waals surface area contributed by atoms with Gasteiger partial charge in [0.1, 0.15) is 0 Å². The Morgan fingerprint density at radius 1 is 1.33 bits per heavy atom. The normalized spacial score (nSPS) is 26.7. The molecule has 0 spiro atoms. The Labute approximate surface area is 73.9 Å². The first kappa shape index (κ1) is 7.60. The number of benzene rings is 1. The fourth-order valence-electron chi connectivity index (χ4n) is 1.83. The first-order valence-corrected chi connectivity index (χ1v) is 4.57. The molecular formula is C12H14. The van der Waals surface area contributed by atoms with E-state index in [4.69, 9.17) is 0 Å². The predicted octanol–water partition coefficient (Wildman–Crippen LogP) is 3.37. The van der Waals surface area contributed by atoms with Crippen LogP contribution in [0.2, 0.25) is 0 Å². The van der Waals surface area contributed by atoms with Gasteiger partial charge in [-0.2, -0.15) is 0 Å². The smallest absolute Gasteiger partial charge is 0.0127 e. The van der Waals surface area contributed by atoms with Crippen molar-refractivity contribution in [3.05, 3.63) is 48.6 Å². The minimum atomic E-state index is 0.823. The second kappa shape index (κ2) is 3.14. The van der Waals surface area contributed by atoms with Gasteiger partial charge in [-0.1, -0.05) is 36.4 Å². The Kier molecular flexibility index (Phi) is 1.99. The fraction of sp³-hybridized carbons (Fsp3) is 0.333. The standard InChI is InChI=1S/C12H14/c1-2-6-11-9-12(11)10-7-4-3-5-8-10/h2-5,7-8,11-12H,1,6,9H2/t11-,12-/m1/s1. The summed E-state index contributed by atoms with van der Waals surface area (Å²) in [4.78, 5) is 0. The third kappa shape index (κ3) is 1.42. The van der Waals surface area contributed by atoms with Crippen LogP contribution in [0.5, 0.6) is 0 Å². The zero-order valence-electron chi connectivity index (χ0n) is 7.24. The third-order valence-electron chi connectivity index (χ3n) is 2.62. The van der Waals surface area contributed by atoms with Gasteiger partial charge in [-0.3, -0.25) is 0 Å². The molecule has 1 aromatic carbocycles. The summed E-state index contributed by atoms with van der Waals surface area (Å²) in [6, 6.07) is 10.8. The summed E-state index contributed by atoms with van der Waals surface area (Å²) in [5.74, 6) is 1.70. The minimum absolute atomic E-state index is 0.823. The maximum atomic E-state index is 3.77. The molecule has 62 valence electrons. The Bertz CT molecular complexity index is 261. The molecule has 1 aromatic rings. The van der Waals surface area contributed by atoms with E-state index in [1.807, 2.05) is 6.08 Å². The number of rotatable bonds is 3. The molecule has 2 atom stereocenters. The van der Waals surface area contributed by atoms with E-state index in [-0.39, 0.29) is 0 Å². The van der Waals surface area contributed by atoms with Crippen molar-refractivity contribution < 1.29 is 0 Å². The summed E-state index contributed by atoms with van der Waals surface area (Å²) in [5.41, 5.74) is 1.50. The van der Waals surface area contributed by atoms with Crippen LogP contribution in [-0.4, -0.2) is 0 Å². The van der Waals surface area contributed by atoms with Crippen molar-refractivity contribution in [2.24, 2.45) is 5.92 Å². The summed E-state index contributed by atoms with van der Waals surface area (Å²) in [7, 11) is 0. The molecule has 0 aliphatic heterocycles. The monoisotopic (exact) mass is 158 g/mol. The first-order valence-electron chi connectivity index (χ1n) is 4.57. The van der Waals surface area contributed by atoms with Crippen molar-refractivity contribution in [2.75, 3.05) is 0 Å². The fourth-order valence-corrected chi connectivity index (χ4v) is 1.83. The summed E-state index contributed by atoms with van der Waals surface area (Å²) in [6.45, 7) is 3.77. The van der Waals surface area contributed by atoms with Gasteiger partial charge in [0.05, 0.1) is 0 Å². The first-order chi connectivity index (χ1) is 5.92. The van der Waals surface area contributed by atoms with Crippen molar-refractivity contribution in [1.82, 2.24) is 0 Å². The average molecular weight is 158 g/mol. The van der Waals surface area contributed by atoms with E-state index in [0.29, 0.717) is 0 Å². The molecule has 0 radical (unpaired) electrons. The van der Waals surface area contributed by atoms with Gasteiger partial charge < -0.3 is 0 Å². The average Bonchev–Trinajstić information content (AvgIpc) is 2.87. The van der Waals surface area contributed by atoms with Crippen molar-refractivity contribution in [1.29, 1.82) is 0 Å². The Hall–Kier alpha value is -1.04. The Balaban J connectivity index is 2.01. The molecular weight excluding hydrogens is 144 g/mol. The van der Waals surface area contributed by atoms with E-state index >= 15 is 0 Å². The van der Waals surface area contributed by atoms with Crippen molar-refractivity contribution in [3.63, 3.8) is 0 Å². The predicted molar refractivity (Wildman–Crippen MR) is 52.1 cm³/mol. The maximum absolute atomic E-state index is 3.77. The lowest BCUT2D eigenvalue weighted by atomic mass is 10.1. The summed E-state index contributed by atoms with van der Waals surface area (Å²) in [6.07, 6.45) is 4.57. The van der Waals surface area contributed by atoms with E-state index in [2.05, 4.69) is 36.9 Å². The zero-order valence-corrected chi connectivity index (χ0v) is 7.24. The second-order valence-electron chi connectivity index (χ2n) is 3.54. The molecule has 2 rings (SSSR count). The van der Waals surface area contributed by atoms with Crippen LogP contribution in [-0.2, 0) is 0 Å². The highest BCUT2D eigenvalue weighted by molar-refractivity contribution is 5.25. The molecule has 0 saturated heterocycles. The molecule has 0 heterocycles. The number of hydrogen-bond donors (Lipinski definition) is 0. The van der Waals surface area contributed by atoms with Crippen molar-refractivity contribution in [3.8, 4) is 0 Å². The van der Waals surface area contributed by atoms with E-state index in [0.717, 1.165) is 11.8 Å². The van der Waals surface area contributed by atoms with E-state index in [9.17, 15) is 0 Å². The topological polar surface area (TPSA) is 0 Å². The SMILES string of the molecule is C=CC[C@@H]1C[C@@H]1c1ccccc1. The highest BCUT2D eigenvalue weighted by Gasteiger charge is 2.36. The van der Waals surface area contributed by atoms with Gasteiger partial charge >= 0.3 is 0 Å². The molecule has 1 saturated carbocycles. The highest BCUT2D eigenvalue weighted by Crippen LogP contribution is 2.49. The van der Waals surface area contributed by atoms with Crippen molar-refractivity contribution in [2.45, 2.75) is 18.8 Å². The van der Waals surface area contributed by atoms with Gasteiger partial charge in [-0.15, -0.1) is 6.58 Å². The maximum Gasteiger partial charge on any atom is -0.0127 e. The van der Waals surface area contributed by atoms with Gasteiger partial charge in [-0.25, -0.2) is 0 Å². The van der Waals surface area contributed by atoms with Gasteiger partial charge in [0.2, 0.25) is 0 Å². The lowest BCUT2D eigenvalue weighted by Crippen LogP contribution is -1.80. The van der Waals surface area contributed by atoms with Crippen LogP contribution < -0.4 is 0 Å². The van der Waals surface area contributed by atoms with Crippen LogP contribution in [0.4, 0.5) is 0 Å². The Morgan fingerprint density at radius 2 is 2.08 bits per heavy atom. The molecule has 0 bridgehead atoms. The van der Waals surface area contributed by atoms with Gasteiger partial charge in [-0.05, 0) is 30.2 Å². The molecule has 1 fully saturated rings. The van der Waals surface area contributed by atoms with Crippen LogP contribution in [0.1, 0.15) is 24.3 Å². The summed E-state index contributed by atoms with van der Waals surface area (Å²) in [5, 5.41) is 0. The van der Waals surface area contributed by atoms with E-state index in [1.165, 1.54) is 18.4 Å². The van der Waals surface area contributed by atoms with E-state index in [1.54, 1.807) is 0 Å². The van der Waals surface area contributed by atoms with Gasteiger partial charge in [0, 0.05) is 0 Å². The molecule has 12 heavy (non-hydrogen) atoms. The number of allylic oxidation sites excluding steroid dienone is 1. The molecule has 0 N–H and O–H groups in total. The number of hydrogen-bond acceptors (Lipinski definition) is 0. The molecule has 0 heteroatoms. The van der Waals surface area contributed by atoms with Gasteiger partial charge in [0.15, 0.2) is 0 Å². The molecule has 0 nitrogen and oxygen atoms in total. The molecule has 1 aliphatic carbocycles. The summed E-state index contributed by atoms with van der Waals surface area (Å²) >= 11 is 0. The van der Waals surface area contributed by atoms with Crippen LogP contribution in [0.3, 0.4) is 0 Å². The van der Waals surface area contributed by atoms with Crippen molar-refractivity contribution >= 4 is 0 Å². The van der Waals surface area contributed by atoms with Crippen LogP contribution in [0, 0.1) is 5.92 Å². The minimum Gasteiger partial charge on any atom is -0.103 e. The van der Waals surface area contributed by atoms with Gasteiger partial charge in [0.25, 0.3) is 0 Å². The zero-order chi connectivity index (χ0) is 8.39. The molecule has 1 aliphatic rings. The van der Waals surface area contributed by atoms with E-state index < -0.39 is 0 Å². The molecule has 0 amide bonds.